The van der Waals surface area contributed by atoms with E-state index >= 15 is 0 Å². The summed E-state index contributed by atoms with van der Waals surface area (Å²) >= 11 is 3.28. The van der Waals surface area contributed by atoms with Gasteiger partial charge in [-0.1, -0.05) is 34.1 Å². The van der Waals surface area contributed by atoms with Gasteiger partial charge in [0.05, 0.1) is 5.69 Å². The van der Waals surface area contributed by atoms with Gasteiger partial charge in [0.2, 0.25) is 0 Å². The molecule has 0 saturated heterocycles. The molecule has 0 aliphatic rings. The number of anilines is 1. The number of ether oxygens (including phenoxy) is 1. The highest BCUT2D eigenvalue weighted by Crippen LogP contribution is 2.20. The van der Waals surface area contributed by atoms with Crippen LogP contribution >= 0.6 is 15.9 Å². The second-order valence-corrected chi connectivity index (χ2v) is 5.65. The molecule has 0 spiro atoms. The van der Waals surface area contributed by atoms with Gasteiger partial charge >= 0.3 is 0 Å². The van der Waals surface area contributed by atoms with Crippen molar-refractivity contribution in [3.8, 4) is 5.75 Å². The van der Waals surface area contributed by atoms with Crippen LogP contribution in [-0.2, 0) is 0 Å². The summed E-state index contributed by atoms with van der Waals surface area (Å²) in [7, 11) is 0. The average Bonchev–Trinajstić information content (AvgIpc) is 2.47. The molecule has 0 aromatic heterocycles. The SMILES string of the molecule is Cc1ccccc1OCC(O)CNc1cc(Br)ccc1F. The molecule has 2 rings (SSSR count). The molecule has 0 aliphatic carbocycles. The van der Waals surface area contributed by atoms with Gasteiger partial charge in [-0.2, -0.15) is 0 Å². The summed E-state index contributed by atoms with van der Waals surface area (Å²) in [6, 6.07) is 12.2. The smallest absolute Gasteiger partial charge is 0.146 e. The Labute approximate surface area is 131 Å². The monoisotopic (exact) mass is 353 g/mol. The van der Waals surface area contributed by atoms with Gasteiger partial charge < -0.3 is 15.2 Å². The molecule has 2 aromatic carbocycles. The highest BCUT2D eigenvalue weighted by Gasteiger charge is 2.08. The van der Waals surface area contributed by atoms with Crippen molar-refractivity contribution in [1.29, 1.82) is 0 Å². The molecule has 0 aliphatic heterocycles. The Hall–Kier alpha value is -1.59. The molecular weight excluding hydrogens is 337 g/mol. The first kappa shape index (κ1) is 15.8. The molecule has 0 fully saturated rings. The van der Waals surface area contributed by atoms with E-state index in [9.17, 15) is 9.50 Å². The fourth-order valence-corrected chi connectivity index (χ4v) is 2.19. The second kappa shape index (κ2) is 7.43. The summed E-state index contributed by atoms with van der Waals surface area (Å²) in [6.45, 7) is 2.30. The zero-order valence-corrected chi connectivity index (χ0v) is 13.2. The van der Waals surface area contributed by atoms with Gasteiger partial charge in [0.15, 0.2) is 0 Å². The largest absolute Gasteiger partial charge is 0.491 e. The van der Waals surface area contributed by atoms with Gasteiger partial charge in [-0.25, -0.2) is 4.39 Å². The molecular formula is C16H17BrFNO2. The quantitative estimate of drug-likeness (QED) is 0.830. The maximum atomic E-state index is 13.5. The first-order valence-corrected chi connectivity index (χ1v) is 7.41. The predicted molar refractivity (Wildman–Crippen MR) is 85.3 cm³/mol. The van der Waals surface area contributed by atoms with Crippen LogP contribution in [0.3, 0.4) is 0 Å². The molecule has 0 bridgehead atoms. The van der Waals surface area contributed by atoms with Crippen LogP contribution in [0, 0.1) is 12.7 Å². The Balaban J connectivity index is 1.84. The van der Waals surface area contributed by atoms with Crippen LogP contribution in [0.2, 0.25) is 0 Å². The number of hydrogen-bond donors (Lipinski definition) is 2. The van der Waals surface area contributed by atoms with Gasteiger partial charge in [-0.15, -0.1) is 0 Å². The number of para-hydroxylation sites is 1. The van der Waals surface area contributed by atoms with Crippen molar-refractivity contribution in [2.75, 3.05) is 18.5 Å². The molecule has 1 atom stereocenters. The van der Waals surface area contributed by atoms with Crippen LogP contribution < -0.4 is 10.1 Å². The van der Waals surface area contributed by atoms with E-state index in [4.69, 9.17) is 4.74 Å². The second-order valence-electron chi connectivity index (χ2n) is 4.74. The maximum absolute atomic E-state index is 13.5. The van der Waals surface area contributed by atoms with Crippen LogP contribution in [-0.4, -0.2) is 24.4 Å². The Morgan fingerprint density at radius 2 is 2.05 bits per heavy atom. The summed E-state index contributed by atoms with van der Waals surface area (Å²) in [5.41, 5.74) is 1.36. The molecule has 3 nitrogen and oxygen atoms in total. The van der Waals surface area contributed by atoms with Crippen LogP contribution in [0.15, 0.2) is 46.9 Å². The lowest BCUT2D eigenvalue weighted by Crippen LogP contribution is -2.26. The zero-order valence-electron chi connectivity index (χ0n) is 11.6. The number of aliphatic hydroxyl groups is 1. The lowest BCUT2D eigenvalue weighted by atomic mass is 10.2. The lowest BCUT2D eigenvalue weighted by Gasteiger charge is -2.15. The Morgan fingerprint density at radius 1 is 1.29 bits per heavy atom. The van der Waals surface area contributed by atoms with E-state index < -0.39 is 6.10 Å². The minimum atomic E-state index is -0.733. The maximum Gasteiger partial charge on any atom is 0.146 e. The first-order chi connectivity index (χ1) is 10.1. The van der Waals surface area contributed by atoms with Crippen LogP contribution in [0.4, 0.5) is 10.1 Å². The molecule has 0 heterocycles. The molecule has 0 amide bonds. The minimum Gasteiger partial charge on any atom is -0.491 e. The van der Waals surface area contributed by atoms with Crippen LogP contribution in [0.5, 0.6) is 5.75 Å². The molecule has 0 radical (unpaired) electrons. The van der Waals surface area contributed by atoms with E-state index in [1.807, 2.05) is 31.2 Å². The Morgan fingerprint density at radius 3 is 2.81 bits per heavy atom. The third kappa shape index (κ3) is 4.72. The fraction of sp³-hybridized carbons (Fsp3) is 0.250. The average molecular weight is 354 g/mol. The number of aryl methyl sites for hydroxylation is 1. The van der Waals surface area contributed by atoms with E-state index in [-0.39, 0.29) is 19.0 Å². The van der Waals surface area contributed by atoms with Gasteiger partial charge in [0.25, 0.3) is 0 Å². The van der Waals surface area contributed by atoms with Crippen molar-refractivity contribution in [1.82, 2.24) is 0 Å². The van der Waals surface area contributed by atoms with Crippen LogP contribution in [0.1, 0.15) is 5.56 Å². The summed E-state index contributed by atoms with van der Waals surface area (Å²) in [6.07, 6.45) is -0.733. The molecule has 2 aromatic rings. The molecule has 21 heavy (non-hydrogen) atoms. The third-order valence-corrected chi connectivity index (χ3v) is 3.47. The third-order valence-electron chi connectivity index (χ3n) is 2.98. The summed E-state index contributed by atoms with van der Waals surface area (Å²) in [5.74, 6) is 0.385. The number of benzene rings is 2. The molecule has 0 saturated carbocycles. The van der Waals surface area contributed by atoms with E-state index in [0.29, 0.717) is 5.69 Å². The summed E-state index contributed by atoms with van der Waals surface area (Å²) < 4.78 is 19.9. The Kier molecular flexibility index (Phi) is 5.59. The van der Waals surface area contributed by atoms with Crippen molar-refractivity contribution in [3.05, 3.63) is 58.3 Å². The number of aliphatic hydroxyl groups excluding tert-OH is 1. The summed E-state index contributed by atoms with van der Waals surface area (Å²) in [4.78, 5) is 0. The standard InChI is InChI=1S/C16H17BrFNO2/c1-11-4-2-3-5-16(11)21-10-13(20)9-19-15-8-12(17)6-7-14(15)18/h2-8,13,19-20H,9-10H2,1H3. The van der Waals surface area contributed by atoms with Crippen molar-refractivity contribution < 1.29 is 14.2 Å². The van der Waals surface area contributed by atoms with E-state index in [1.54, 1.807) is 12.1 Å². The molecule has 1 unspecified atom stereocenters. The first-order valence-electron chi connectivity index (χ1n) is 6.61. The minimum absolute atomic E-state index is 0.146. The Bertz CT molecular complexity index is 607. The molecule has 5 heteroatoms. The van der Waals surface area contributed by atoms with E-state index in [2.05, 4.69) is 21.2 Å². The van der Waals surface area contributed by atoms with Gasteiger partial charge in [0, 0.05) is 11.0 Å². The van der Waals surface area contributed by atoms with Gasteiger partial charge in [-0.05, 0) is 36.8 Å². The van der Waals surface area contributed by atoms with Crippen molar-refractivity contribution >= 4 is 21.6 Å². The normalized spacial score (nSPS) is 12.0. The van der Waals surface area contributed by atoms with E-state index in [1.165, 1.54) is 6.07 Å². The van der Waals surface area contributed by atoms with Gasteiger partial charge in [-0.3, -0.25) is 0 Å². The number of hydrogen-bond acceptors (Lipinski definition) is 3. The van der Waals surface area contributed by atoms with Crippen molar-refractivity contribution in [3.63, 3.8) is 0 Å². The van der Waals surface area contributed by atoms with Crippen LogP contribution in [0.25, 0.3) is 0 Å². The van der Waals surface area contributed by atoms with Crippen molar-refractivity contribution in [2.24, 2.45) is 0 Å². The number of halogens is 2. The zero-order chi connectivity index (χ0) is 15.2. The molecule has 2 N–H and O–H groups in total. The highest BCUT2D eigenvalue weighted by molar-refractivity contribution is 9.10. The van der Waals surface area contributed by atoms with E-state index in [0.717, 1.165) is 15.8 Å². The fourth-order valence-electron chi connectivity index (χ4n) is 1.82. The number of rotatable bonds is 6. The predicted octanol–water partition coefficient (Wildman–Crippen LogP) is 3.75. The molecule has 112 valence electrons. The summed E-state index contributed by atoms with van der Waals surface area (Å²) in [5, 5.41) is 12.8. The topological polar surface area (TPSA) is 41.5 Å². The van der Waals surface area contributed by atoms with Gasteiger partial charge in [0.1, 0.15) is 24.3 Å². The van der Waals surface area contributed by atoms with Crippen molar-refractivity contribution in [2.45, 2.75) is 13.0 Å². The highest BCUT2D eigenvalue weighted by atomic mass is 79.9. The lowest BCUT2D eigenvalue weighted by molar-refractivity contribution is 0.117. The number of nitrogens with one attached hydrogen (secondary N) is 1.